The summed E-state index contributed by atoms with van der Waals surface area (Å²) < 4.78 is 5.13. The van der Waals surface area contributed by atoms with Crippen molar-refractivity contribution < 1.29 is 19.7 Å². The molecule has 3 N–H and O–H groups in total. The van der Waals surface area contributed by atoms with Gasteiger partial charge >= 0.3 is 5.97 Å². The number of phenols is 1. The summed E-state index contributed by atoms with van der Waals surface area (Å²) in [6.45, 7) is 0.120. The largest absolute Gasteiger partial charge is 0.508 e. The van der Waals surface area contributed by atoms with Gasteiger partial charge in [0, 0.05) is 10.4 Å². The first-order chi connectivity index (χ1) is 13.0. The van der Waals surface area contributed by atoms with Crippen molar-refractivity contribution in [3.05, 3.63) is 69.0 Å². The number of esters is 1. The van der Waals surface area contributed by atoms with E-state index in [4.69, 9.17) is 16.3 Å². The molecule has 0 aliphatic carbocycles. The first-order valence-electron chi connectivity index (χ1n) is 8.45. The van der Waals surface area contributed by atoms with Gasteiger partial charge in [0.05, 0.1) is 12.1 Å². The Kier molecular flexibility index (Phi) is 5.66. The highest BCUT2D eigenvalue weighted by Gasteiger charge is 2.20. The van der Waals surface area contributed by atoms with Gasteiger partial charge in [-0.3, -0.25) is 4.79 Å². The molecule has 3 aromatic rings. The Labute approximate surface area is 160 Å². The van der Waals surface area contributed by atoms with E-state index in [9.17, 15) is 19.8 Å². The van der Waals surface area contributed by atoms with Crippen molar-refractivity contribution in [3.63, 3.8) is 0 Å². The topological polar surface area (TPSA) is 99.6 Å². The maximum absolute atomic E-state index is 12.2. The van der Waals surface area contributed by atoms with Crippen molar-refractivity contribution in [2.24, 2.45) is 0 Å². The first-order valence-corrected chi connectivity index (χ1v) is 8.83. The summed E-state index contributed by atoms with van der Waals surface area (Å²) in [5.74, 6) is -1.08. The molecule has 6 nitrogen and oxygen atoms in total. The Hall–Kier alpha value is -2.99. The zero-order chi connectivity index (χ0) is 19.4. The molecule has 1 heterocycles. The fraction of sp³-hybridized carbons (Fsp3) is 0.200. The van der Waals surface area contributed by atoms with Gasteiger partial charge in [-0.1, -0.05) is 23.7 Å². The van der Waals surface area contributed by atoms with E-state index in [-0.39, 0.29) is 12.4 Å². The average Bonchev–Trinajstić information content (AvgIpc) is 2.61. The van der Waals surface area contributed by atoms with Crippen LogP contribution in [-0.4, -0.2) is 27.8 Å². The van der Waals surface area contributed by atoms with Crippen LogP contribution < -0.4 is 5.56 Å². The Morgan fingerprint density at radius 2 is 1.93 bits per heavy atom. The molecular weight excluding hydrogens is 370 g/mol. The number of halogens is 1. The van der Waals surface area contributed by atoms with E-state index in [1.54, 1.807) is 24.3 Å². The number of aromatic hydroxyl groups is 2. The number of nitrogens with one attached hydrogen (secondary N) is 1. The molecule has 0 amide bonds. The van der Waals surface area contributed by atoms with Gasteiger partial charge in [-0.05, 0) is 55.2 Å². The molecule has 0 radical (unpaired) electrons. The van der Waals surface area contributed by atoms with E-state index >= 15 is 0 Å². The number of H-pyrrole nitrogens is 1. The van der Waals surface area contributed by atoms with E-state index in [0.717, 1.165) is 18.4 Å². The monoisotopic (exact) mass is 387 g/mol. The van der Waals surface area contributed by atoms with Crippen LogP contribution in [0.5, 0.6) is 11.5 Å². The molecule has 0 aliphatic heterocycles. The first kappa shape index (κ1) is 18.8. The highest BCUT2D eigenvalue weighted by atomic mass is 35.5. The van der Waals surface area contributed by atoms with Gasteiger partial charge in [-0.25, -0.2) is 4.79 Å². The van der Waals surface area contributed by atoms with Crippen molar-refractivity contribution >= 4 is 28.5 Å². The van der Waals surface area contributed by atoms with Gasteiger partial charge in [0.2, 0.25) is 0 Å². The molecule has 7 heteroatoms. The maximum Gasteiger partial charge on any atom is 0.347 e. The number of hydrogen-bond donors (Lipinski definition) is 3. The molecule has 0 spiro atoms. The summed E-state index contributed by atoms with van der Waals surface area (Å²) in [7, 11) is 0. The number of ether oxygens (including phenoxy) is 1. The normalized spacial score (nSPS) is 10.9. The zero-order valence-electron chi connectivity index (χ0n) is 14.4. The van der Waals surface area contributed by atoms with E-state index in [1.165, 1.54) is 12.1 Å². The third-order valence-corrected chi connectivity index (χ3v) is 4.39. The molecule has 27 heavy (non-hydrogen) atoms. The van der Waals surface area contributed by atoms with Gasteiger partial charge < -0.3 is 19.9 Å². The lowest BCUT2D eigenvalue weighted by Crippen LogP contribution is -2.20. The lowest BCUT2D eigenvalue weighted by molar-refractivity contribution is 0.0493. The summed E-state index contributed by atoms with van der Waals surface area (Å²) in [4.78, 5) is 26.9. The third kappa shape index (κ3) is 4.41. The van der Waals surface area contributed by atoms with Crippen molar-refractivity contribution in [2.45, 2.75) is 19.3 Å². The molecule has 0 fully saturated rings. The Morgan fingerprint density at radius 3 is 2.70 bits per heavy atom. The zero-order valence-corrected chi connectivity index (χ0v) is 15.1. The van der Waals surface area contributed by atoms with E-state index in [2.05, 4.69) is 4.98 Å². The van der Waals surface area contributed by atoms with Crippen LogP contribution in [0.25, 0.3) is 10.9 Å². The van der Waals surface area contributed by atoms with Crippen LogP contribution in [0.2, 0.25) is 5.02 Å². The smallest absolute Gasteiger partial charge is 0.347 e. The molecule has 140 valence electrons. The van der Waals surface area contributed by atoms with Gasteiger partial charge in [0.25, 0.3) is 5.56 Å². The minimum absolute atomic E-state index is 0.120. The maximum atomic E-state index is 12.2. The van der Waals surface area contributed by atoms with E-state index in [0.29, 0.717) is 22.3 Å². The number of aromatic nitrogens is 1. The summed E-state index contributed by atoms with van der Waals surface area (Å²) in [5.41, 5.74) is 0.182. The number of aromatic amines is 1. The summed E-state index contributed by atoms with van der Waals surface area (Å²) in [5, 5.41) is 20.4. The number of pyridine rings is 1. The van der Waals surface area contributed by atoms with Crippen LogP contribution in [0.15, 0.2) is 47.3 Å². The van der Waals surface area contributed by atoms with Gasteiger partial charge in [0.1, 0.15) is 11.5 Å². The van der Waals surface area contributed by atoms with Crippen LogP contribution in [0.3, 0.4) is 0 Å². The van der Waals surface area contributed by atoms with Crippen LogP contribution in [0.4, 0.5) is 0 Å². The van der Waals surface area contributed by atoms with Crippen molar-refractivity contribution in [1.82, 2.24) is 4.98 Å². The minimum atomic E-state index is -0.872. The molecule has 0 aliphatic rings. The number of aryl methyl sites for hydroxylation is 1. The van der Waals surface area contributed by atoms with Crippen LogP contribution in [0.1, 0.15) is 28.8 Å². The van der Waals surface area contributed by atoms with Crippen LogP contribution >= 0.6 is 11.6 Å². The molecule has 0 saturated carbocycles. The number of hydrogen-bond acceptors (Lipinski definition) is 5. The Bertz CT molecular complexity index is 1040. The fourth-order valence-electron chi connectivity index (χ4n) is 2.82. The number of carbonyl (C=O) groups excluding carboxylic acids is 1. The predicted molar refractivity (Wildman–Crippen MR) is 103 cm³/mol. The van der Waals surface area contributed by atoms with Gasteiger partial charge in [-0.15, -0.1) is 0 Å². The molecule has 1 aromatic heterocycles. The predicted octanol–water partition coefficient (Wildman–Crippen LogP) is 3.77. The molecule has 0 saturated heterocycles. The van der Waals surface area contributed by atoms with Crippen LogP contribution in [-0.2, 0) is 11.2 Å². The highest BCUT2D eigenvalue weighted by Crippen LogP contribution is 2.27. The third-order valence-electron chi connectivity index (χ3n) is 4.16. The lowest BCUT2D eigenvalue weighted by atomic mass is 10.1. The molecule has 0 bridgehead atoms. The van der Waals surface area contributed by atoms with Crippen molar-refractivity contribution in [3.8, 4) is 11.5 Å². The SMILES string of the molecule is O=C(OCCCCc1cccc(O)c1)c1c(O)c2ccc(Cl)cc2[nH]c1=O. The second-order valence-corrected chi connectivity index (χ2v) is 6.57. The number of phenolic OH excluding ortho intramolecular Hbond substituents is 1. The minimum Gasteiger partial charge on any atom is -0.508 e. The summed E-state index contributed by atoms with van der Waals surface area (Å²) in [6.07, 6.45) is 2.06. The standard InChI is InChI=1S/C20H18ClNO5/c21-13-7-8-15-16(11-13)22-19(25)17(18(15)24)20(26)27-9-2-1-4-12-5-3-6-14(23)10-12/h3,5-8,10-11,23H,1-2,4,9H2,(H2,22,24,25). The molecule has 3 rings (SSSR count). The summed E-state index contributed by atoms with van der Waals surface area (Å²) in [6, 6.07) is 11.5. The molecule has 2 aromatic carbocycles. The number of fused-ring (bicyclic) bond motifs is 1. The number of rotatable bonds is 6. The van der Waals surface area contributed by atoms with Gasteiger partial charge in [-0.2, -0.15) is 0 Å². The van der Waals surface area contributed by atoms with E-state index in [1.807, 2.05) is 6.07 Å². The highest BCUT2D eigenvalue weighted by molar-refractivity contribution is 6.31. The van der Waals surface area contributed by atoms with Gasteiger partial charge in [0.15, 0.2) is 5.56 Å². The summed E-state index contributed by atoms with van der Waals surface area (Å²) >= 11 is 5.87. The molecule has 0 unspecified atom stereocenters. The molecular formula is C20H18ClNO5. The quantitative estimate of drug-likeness (QED) is 0.441. The molecule has 0 atom stereocenters. The average molecular weight is 388 g/mol. The van der Waals surface area contributed by atoms with Crippen molar-refractivity contribution in [1.29, 1.82) is 0 Å². The van der Waals surface area contributed by atoms with Crippen LogP contribution in [0, 0.1) is 0 Å². The Morgan fingerprint density at radius 1 is 1.11 bits per heavy atom. The number of unbranched alkanes of at least 4 members (excludes halogenated alkanes) is 1. The second kappa shape index (κ2) is 8.14. The number of carbonyl (C=O) groups is 1. The number of benzene rings is 2. The Balaban J connectivity index is 1.61. The van der Waals surface area contributed by atoms with Crippen molar-refractivity contribution in [2.75, 3.05) is 6.61 Å². The fourth-order valence-corrected chi connectivity index (χ4v) is 3.00. The van der Waals surface area contributed by atoms with E-state index < -0.39 is 22.8 Å². The second-order valence-electron chi connectivity index (χ2n) is 6.13. The lowest BCUT2D eigenvalue weighted by Gasteiger charge is -2.08.